The maximum atomic E-state index is 8.98. The molecule has 0 aliphatic carbocycles. The molecular weight excluding hydrogens is 219 g/mol. The number of rotatable bonds is 4. The molecule has 2 N–H and O–H groups in total. The summed E-state index contributed by atoms with van der Waals surface area (Å²) >= 11 is 0. The lowest BCUT2D eigenvalue weighted by Gasteiger charge is -2.06. The van der Waals surface area contributed by atoms with Crippen LogP contribution in [-0.4, -0.2) is 27.1 Å². The highest BCUT2D eigenvalue weighted by atomic mass is 16.5. The van der Waals surface area contributed by atoms with E-state index in [1.54, 1.807) is 12.4 Å². The summed E-state index contributed by atoms with van der Waals surface area (Å²) in [6.45, 7) is 0.362. The van der Waals surface area contributed by atoms with Gasteiger partial charge < -0.3 is 14.8 Å². The van der Waals surface area contributed by atoms with Gasteiger partial charge in [0.15, 0.2) is 0 Å². The molecule has 2 rings (SSSR count). The van der Waals surface area contributed by atoms with Crippen LogP contribution in [0.3, 0.4) is 0 Å². The van der Waals surface area contributed by atoms with E-state index in [0.29, 0.717) is 17.8 Å². The number of nitrogens with zero attached hydrogens (tertiary/aromatic N) is 2. The second-order valence-corrected chi connectivity index (χ2v) is 3.48. The molecule has 86 valence electrons. The van der Waals surface area contributed by atoms with Crippen molar-refractivity contribution in [3.8, 4) is 5.75 Å². The summed E-state index contributed by atoms with van der Waals surface area (Å²) in [6, 6.07) is 5.25. The van der Waals surface area contributed by atoms with Crippen LogP contribution in [0.25, 0.3) is 0 Å². The highest BCUT2D eigenvalue weighted by Gasteiger charge is 2.11. The van der Waals surface area contributed by atoms with Crippen LogP contribution in [0.4, 0.5) is 0 Å². The van der Waals surface area contributed by atoms with E-state index in [4.69, 9.17) is 14.8 Å². The SMILES string of the molecule is OB(O)c1cncc(OCc2cccnc2)c1. The van der Waals surface area contributed by atoms with E-state index < -0.39 is 7.12 Å². The van der Waals surface area contributed by atoms with Gasteiger partial charge in [-0.1, -0.05) is 6.07 Å². The molecule has 0 saturated carbocycles. The van der Waals surface area contributed by atoms with E-state index in [1.165, 1.54) is 18.5 Å². The van der Waals surface area contributed by atoms with Gasteiger partial charge in [-0.2, -0.15) is 0 Å². The van der Waals surface area contributed by atoms with Crippen molar-refractivity contribution in [2.75, 3.05) is 0 Å². The van der Waals surface area contributed by atoms with Crippen LogP contribution < -0.4 is 10.2 Å². The van der Waals surface area contributed by atoms with Crippen LogP contribution in [0.2, 0.25) is 0 Å². The van der Waals surface area contributed by atoms with E-state index in [1.807, 2.05) is 12.1 Å². The van der Waals surface area contributed by atoms with Gasteiger partial charge in [-0.15, -0.1) is 0 Å². The van der Waals surface area contributed by atoms with Crippen molar-refractivity contribution in [1.29, 1.82) is 0 Å². The van der Waals surface area contributed by atoms with Crippen molar-refractivity contribution in [2.24, 2.45) is 0 Å². The van der Waals surface area contributed by atoms with Gasteiger partial charge in [0.1, 0.15) is 12.4 Å². The molecule has 2 aromatic rings. The average Bonchev–Trinajstić information content (AvgIpc) is 2.38. The summed E-state index contributed by atoms with van der Waals surface area (Å²) in [5.74, 6) is 0.486. The molecule has 0 amide bonds. The summed E-state index contributed by atoms with van der Waals surface area (Å²) in [6.07, 6.45) is 6.29. The second-order valence-electron chi connectivity index (χ2n) is 3.48. The van der Waals surface area contributed by atoms with E-state index in [0.717, 1.165) is 5.56 Å². The summed E-state index contributed by atoms with van der Waals surface area (Å²) in [7, 11) is -1.54. The number of hydrogen-bond acceptors (Lipinski definition) is 5. The largest absolute Gasteiger partial charge is 0.490 e. The maximum Gasteiger partial charge on any atom is 0.490 e. The molecule has 0 spiro atoms. The topological polar surface area (TPSA) is 75.5 Å². The molecule has 0 radical (unpaired) electrons. The average molecular weight is 230 g/mol. The highest BCUT2D eigenvalue weighted by Crippen LogP contribution is 2.08. The van der Waals surface area contributed by atoms with Gasteiger partial charge in [-0.3, -0.25) is 9.97 Å². The van der Waals surface area contributed by atoms with E-state index in [2.05, 4.69) is 9.97 Å². The summed E-state index contributed by atoms with van der Waals surface area (Å²) in [4.78, 5) is 7.82. The Labute approximate surface area is 98.9 Å². The van der Waals surface area contributed by atoms with Gasteiger partial charge in [0.25, 0.3) is 0 Å². The number of aromatic nitrogens is 2. The van der Waals surface area contributed by atoms with Crippen molar-refractivity contribution in [1.82, 2.24) is 9.97 Å². The molecule has 0 saturated heterocycles. The zero-order valence-electron chi connectivity index (χ0n) is 9.02. The van der Waals surface area contributed by atoms with Crippen molar-refractivity contribution in [3.05, 3.63) is 48.5 Å². The van der Waals surface area contributed by atoms with Crippen molar-refractivity contribution < 1.29 is 14.8 Å². The van der Waals surface area contributed by atoms with Crippen LogP contribution in [0, 0.1) is 0 Å². The predicted octanol–water partition coefficient (Wildman–Crippen LogP) is -0.265. The summed E-state index contributed by atoms with van der Waals surface area (Å²) < 4.78 is 5.46. The molecule has 0 fully saturated rings. The number of pyridine rings is 2. The molecule has 2 heterocycles. The van der Waals surface area contributed by atoms with Gasteiger partial charge in [0, 0.05) is 29.6 Å². The van der Waals surface area contributed by atoms with Crippen LogP contribution in [0.15, 0.2) is 43.0 Å². The van der Waals surface area contributed by atoms with Gasteiger partial charge in [0.2, 0.25) is 0 Å². The Morgan fingerprint density at radius 3 is 2.76 bits per heavy atom. The molecule has 5 nitrogen and oxygen atoms in total. The Morgan fingerprint density at radius 1 is 1.18 bits per heavy atom. The first-order valence-electron chi connectivity index (χ1n) is 5.08. The Balaban J connectivity index is 2.02. The molecule has 2 aromatic heterocycles. The minimum atomic E-state index is -1.54. The first kappa shape index (κ1) is 11.6. The molecule has 0 aromatic carbocycles. The zero-order valence-corrected chi connectivity index (χ0v) is 9.02. The molecule has 6 heteroatoms. The second kappa shape index (κ2) is 5.42. The van der Waals surface area contributed by atoms with E-state index in [-0.39, 0.29) is 0 Å². The van der Waals surface area contributed by atoms with Gasteiger partial charge >= 0.3 is 7.12 Å². The summed E-state index contributed by atoms with van der Waals surface area (Å²) in [5, 5.41) is 18.0. The van der Waals surface area contributed by atoms with Crippen LogP contribution in [-0.2, 0) is 6.61 Å². The minimum absolute atomic E-state index is 0.300. The Kier molecular flexibility index (Phi) is 3.69. The molecule has 0 aliphatic heterocycles. The summed E-state index contributed by atoms with van der Waals surface area (Å²) in [5.41, 5.74) is 1.23. The third-order valence-corrected chi connectivity index (χ3v) is 2.16. The van der Waals surface area contributed by atoms with E-state index in [9.17, 15) is 0 Å². The smallest absolute Gasteiger partial charge is 0.487 e. The van der Waals surface area contributed by atoms with E-state index >= 15 is 0 Å². The van der Waals surface area contributed by atoms with Crippen LogP contribution in [0.1, 0.15) is 5.56 Å². The fourth-order valence-corrected chi connectivity index (χ4v) is 1.31. The third kappa shape index (κ3) is 3.27. The lowest BCUT2D eigenvalue weighted by atomic mass is 9.82. The fraction of sp³-hybridized carbons (Fsp3) is 0.0909. The molecular formula is C11H11BN2O3. The molecule has 0 unspecified atom stereocenters. The normalized spacial score (nSPS) is 10.0. The van der Waals surface area contributed by atoms with Gasteiger partial charge in [-0.25, -0.2) is 0 Å². The number of ether oxygens (including phenoxy) is 1. The Bertz CT molecular complexity index is 479. The van der Waals surface area contributed by atoms with Gasteiger partial charge in [-0.05, 0) is 12.1 Å². The van der Waals surface area contributed by atoms with Crippen LogP contribution >= 0.6 is 0 Å². The standard InChI is InChI=1S/C11H11BN2O3/c15-12(16)10-4-11(7-14-6-10)17-8-9-2-1-3-13-5-9/h1-7,15-16H,8H2. The maximum absolute atomic E-state index is 8.98. The quantitative estimate of drug-likeness (QED) is 0.707. The van der Waals surface area contributed by atoms with Crippen molar-refractivity contribution >= 4 is 12.6 Å². The highest BCUT2D eigenvalue weighted by molar-refractivity contribution is 6.58. The van der Waals surface area contributed by atoms with Crippen molar-refractivity contribution in [3.63, 3.8) is 0 Å². The van der Waals surface area contributed by atoms with Crippen LogP contribution in [0.5, 0.6) is 5.75 Å². The lowest BCUT2D eigenvalue weighted by molar-refractivity contribution is 0.304. The Morgan fingerprint density at radius 2 is 2.06 bits per heavy atom. The third-order valence-electron chi connectivity index (χ3n) is 2.16. The Hall–Kier alpha value is -1.92. The molecule has 0 aliphatic rings. The van der Waals surface area contributed by atoms with Crippen molar-refractivity contribution in [2.45, 2.75) is 6.61 Å². The predicted molar refractivity (Wildman–Crippen MR) is 62.6 cm³/mol. The lowest BCUT2D eigenvalue weighted by Crippen LogP contribution is -2.30. The number of hydrogen-bond donors (Lipinski definition) is 2. The fourth-order valence-electron chi connectivity index (χ4n) is 1.31. The molecule has 17 heavy (non-hydrogen) atoms. The first-order valence-corrected chi connectivity index (χ1v) is 5.08. The zero-order chi connectivity index (χ0) is 12.1. The molecule has 0 bridgehead atoms. The van der Waals surface area contributed by atoms with Gasteiger partial charge in [0.05, 0.1) is 6.20 Å². The molecule has 0 atom stereocenters. The first-order chi connectivity index (χ1) is 8.25. The minimum Gasteiger partial charge on any atom is -0.487 e. The monoisotopic (exact) mass is 230 g/mol.